The number of anilines is 1. The Labute approximate surface area is 185 Å². The summed E-state index contributed by atoms with van der Waals surface area (Å²) >= 11 is 0. The van der Waals surface area contributed by atoms with Gasteiger partial charge in [-0.1, -0.05) is 25.1 Å². The van der Waals surface area contributed by atoms with Crippen molar-refractivity contribution in [3.63, 3.8) is 0 Å². The predicted octanol–water partition coefficient (Wildman–Crippen LogP) is 2.54. The summed E-state index contributed by atoms with van der Waals surface area (Å²) in [6, 6.07) is 10.7. The first-order valence-electron chi connectivity index (χ1n) is 9.99. The summed E-state index contributed by atoms with van der Waals surface area (Å²) in [7, 11) is 0. The molecular weight excluding hydrogens is 465 g/mol. The number of nitrogens with one attached hydrogen (secondary N) is 2. The van der Waals surface area contributed by atoms with Gasteiger partial charge >= 0.3 is 0 Å². The molecule has 0 amide bonds. The molecule has 154 valence electrons. The van der Waals surface area contributed by atoms with Crippen LogP contribution in [0.4, 0.5) is 5.69 Å². The minimum Gasteiger partial charge on any atom is -0.371 e. The average molecular weight is 497 g/mol. The third-order valence-corrected chi connectivity index (χ3v) is 4.92. The summed E-state index contributed by atoms with van der Waals surface area (Å²) in [6.45, 7) is 9.74. The van der Waals surface area contributed by atoms with Crippen LogP contribution in [0.1, 0.15) is 26.1 Å². The van der Waals surface area contributed by atoms with E-state index in [1.54, 1.807) is 6.33 Å². The Hall–Kier alpha value is -1.84. The molecule has 28 heavy (non-hydrogen) atoms. The molecule has 0 aliphatic carbocycles. The Bertz CT molecular complexity index is 716. The second-order valence-corrected chi connectivity index (χ2v) is 6.88. The van der Waals surface area contributed by atoms with E-state index in [9.17, 15) is 0 Å². The van der Waals surface area contributed by atoms with Gasteiger partial charge in [0, 0.05) is 51.4 Å². The summed E-state index contributed by atoms with van der Waals surface area (Å²) in [5, 5.41) is 14.9. The Kier molecular flexibility index (Phi) is 9.52. The number of nitrogens with zero attached hydrogens (tertiary/aromatic N) is 5. The van der Waals surface area contributed by atoms with Crippen LogP contribution in [-0.2, 0) is 13.0 Å². The van der Waals surface area contributed by atoms with E-state index < -0.39 is 0 Å². The van der Waals surface area contributed by atoms with E-state index in [1.165, 1.54) is 12.1 Å². The fourth-order valence-corrected chi connectivity index (χ4v) is 3.45. The van der Waals surface area contributed by atoms with Gasteiger partial charge in [-0.05, 0) is 31.4 Å². The van der Waals surface area contributed by atoms with Gasteiger partial charge in [0.25, 0.3) is 0 Å². The predicted molar refractivity (Wildman–Crippen MR) is 126 cm³/mol. The molecule has 1 unspecified atom stereocenters. The average Bonchev–Trinajstić information content (AvgIpc) is 3.36. The Balaban J connectivity index is 0.00000280. The lowest BCUT2D eigenvalue weighted by Gasteiger charge is -2.18. The molecular formula is C20H32IN7. The summed E-state index contributed by atoms with van der Waals surface area (Å²) in [5.41, 5.74) is 1.31. The van der Waals surface area contributed by atoms with Crippen molar-refractivity contribution >= 4 is 35.6 Å². The maximum atomic E-state index is 4.81. The molecule has 0 bridgehead atoms. The Morgan fingerprint density at radius 3 is 2.79 bits per heavy atom. The minimum atomic E-state index is 0. The number of halogens is 1. The fraction of sp³-hybridized carbons (Fsp3) is 0.550. The number of rotatable bonds is 8. The standard InChI is InChI=1S/C20H31N7.HI/c1-3-19-25-24-16-27(19)13-11-22-20(21-4-2)23-14-17-10-12-26(15-17)18-8-6-5-7-9-18;/h5-9,16-17H,3-4,10-15H2,1-2H3,(H2,21,22,23);1H. The van der Waals surface area contributed by atoms with Gasteiger partial charge in [-0.15, -0.1) is 34.2 Å². The van der Waals surface area contributed by atoms with Gasteiger partial charge in [0.05, 0.1) is 0 Å². The van der Waals surface area contributed by atoms with Crippen LogP contribution >= 0.6 is 24.0 Å². The van der Waals surface area contributed by atoms with Crippen LogP contribution in [0, 0.1) is 5.92 Å². The molecule has 1 atom stereocenters. The van der Waals surface area contributed by atoms with Gasteiger partial charge in [-0.2, -0.15) is 0 Å². The highest BCUT2D eigenvalue weighted by Gasteiger charge is 2.22. The zero-order valence-electron chi connectivity index (χ0n) is 16.8. The molecule has 0 radical (unpaired) electrons. The molecule has 2 N–H and O–H groups in total. The highest BCUT2D eigenvalue weighted by atomic mass is 127. The first kappa shape index (κ1) is 22.4. The van der Waals surface area contributed by atoms with Crippen molar-refractivity contribution in [1.82, 2.24) is 25.4 Å². The van der Waals surface area contributed by atoms with E-state index in [0.29, 0.717) is 5.92 Å². The topological polar surface area (TPSA) is 70.4 Å². The normalized spacial score (nSPS) is 16.7. The van der Waals surface area contributed by atoms with E-state index in [0.717, 1.165) is 57.5 Å². The van der Waals surface area contributed by atoms with Crippen molar-refractivity contribution in [2.24, 2.45) is 10.9 Å². The van der Waals surface area contributed by atoms with Crippen molar-refractivity contribution in [2.75, 3.05) is 37.6 Å². The van der Waals surface area contributed by atoms with Crippen LogP contribution in [0.25, 0.3) is 0 Å². The van der Waals surface area contributed by atoms with Crippen LogP contribution in [0.15, 0.2) is 41.7 Å². The number of guanidine groups is 1. The molecule has 8 heteroatoms. The molecule has 1 aromatic carbocycles. The van der Waals surface area contributed by atoms with Gasteiger partial charge in [0.1, 0.15) is 12.2 Å². The maximum Gasteiger partial charge on any atom is 0.191 e. The van der Waals surface area contributed by atoms with Gasteiger partial charge in [0.15, 0.2) is 5.96 Å². The largest absolute Gasteiger partial charge is 0.371 e. The Morgan fingerprint density at radius 1 is 1.21 bits per heavy atom. The number of aliphatic imine (C=N–C) groups is 1. The van der Waals surface area contributed by atoms with E-state index >= 15 is 0 Å². The lowest BCUT2D eigenvalue weighted by molar-refractivity contribution is 0.594. The van der Waals surface area contributed by atoms with Crippen LogP contribution < -0.4 is 15.5 Å². The SMILES string of the molecule is CCNC(=NCC1CCN(c2ccccc2)C1)NCCn1cnnc1CC.I. The number of hydrogen-bond donors (Lipinski definition) is 2. The highest BCUT2D eigenvalue weighted by molar-refractivity contribution is 14.0. The van der Waals surface area contributed by atoms with E-state index in [1.807, 2.05) is 0 Å². The van der Waals surface area contributed by atoms with Gasteiger partial charge in [-0.25, -0.2) is 0 Å². The van der Waals surface area contributed by atoms with E-state index in [2.05, 4.69) is 74.5 Å². The van der Waals surface area contributed by atoms with Gasteiger partial charge < -0.3 is 20.1 Å². The molecule has 0 saturated carbocycles. The number of aromatic nitrogens is 3. The number of hydrogen-bond acceptors (Lipinski definition) is 4. The number of benzene rings is 1. The molecule has 7 nitrogen and oxygen atoms in total. The van der Waals surface area contributed by atoms with Crippen LogP contribution in [0.3, 0.4) is 0 Å². The van der Waals surface area contributed by atoms with Crippen molar-refractivity contribution in [1.29, 1.82) is 0 Å². The van der Waals surface area contributed by atoms with Crippen molar-refractivity contribution in [2.45, 2.75) is 33.2 Å². The third-order valence-electron chi connectivity index (χ3n) is 4.92. The summed E-state index contributed by atoms with van der Waals surface area (Å²) < 4.78 is 2.09. The lowest BCUT2D eigenvalue weighted by atomic mass is 10.1. The first-order chi connectivity index (χ1) is 13.3. The van der Waals surface area contributed by atoms with Gasteiger partial charge in [-0.3, -0.25) is 4.99 Å². The van der Waals surface area contributed by atoms with E-state index in [4.69, 9.17) is 4.99 Å². The molecule has 2 heterocycles. The van der Waals surface area contributed by atoms with Crippen molar-refractivity contribution < 1.29 is 0 Å². The summed E-state index contributed by atoms with van der Waals surface area (Å²) in [4.78, 5) is 7.27. The smallest absolute Gasteiger partial charge is 0.191 e. The Morgan fingerprint density at radius 2 is 2.04 bits per heavy atom. The molecule has 1 saturated heterocycles. The zero-order valence-corrected chi connectivity index (χ0v) is 19.2. The highest BCUT2D eigenvalue weighted by Crippen LogP contribution is 2.23. The van der Waals surface area contributed by atoms with Crippen LogP contribution in [-0.4, -0.2) is 53.4 Å². The molecule has 1 fully saturated rings. The third kappa shape index (κ3) is 6.35. The molecule has 1 aliphatic heterocycles. The molecule has 2 aromatic rings. The number of para-hydroxylation sites is 1. The second-order valence-electron chi connectivity index (χ2n) is 6.88. The quantitative estimate of drug-likeness (QED) is 0.333. The summed E-state index contributed by atoms with van der Waals surface area (Å²) in [5.74, 6) is 2.51. The fourth-order valence-electron chi connectivity index (χ4n) is 3.45. The lowest BCUT2D eigenvalue weighted by Crippen LogP contribution is -2.39. The van der Waals surface area contributed by atoms with Crippen LogP contribution in [0.5, 0.6) is 0 Å². The number of aryl methyl sites for hydroxylation is 1. The monoisotopic (exact) mass is 497 g/mol. The van der Waals surface area contributed by atoms with Crippen molar-refractivity contribution in [3.05, 3.63) is 42.5 Å². The molecule has 0 spiro atoms. The van der Waals surface area contributed by atoms with Crippen LogP contribution in [0.2, 0.25) is 0 Å². The molecule has 1 aliphatic rings. The summed E-state index contributed by atoms with van der Waals surface area (Å²) in [6.07, 6.45) is 3.88. The van der Waals surface area contributed by atoms with Gasteiger partial charge in [0.2, 0.25) is 0 Å². The first-order valence-corrected chi connectivity index (χ1v) is 9.99. The molecule has 1 aromatic heterocycles. The second kappa shape index (κ2) is 11.9. The minimum absolute atomic E-state index is 0. The molecule has 3 rings (SSSR count). The maximum absolute atomic E-state index is 4.81. The van der Waals surface area contributed by atoms with Crippen molar-refractivity contribution in [3.8, 4) is 0 Å². The zero-order chi connectivity index (χ0) is 18.9. The van der Waals surface area contributed by atoms with E-state index in [-0.39, 0.29) is 24.0 Å².